The Balaban J connectivity index is 0.000000845. The maximum absolute atomic E-state index is 4.11. The van der Waals surface area contributed by atoms with Crippen LogP contribution in [0.4, 0.5) is 0 Å². The third-order valence-corrected chi connectivity index (χ3v) is 1.69. The van der Waals surface area contributed by atoms with Crippen LogP contribution < -0.4 is 29.0 Å². The van der Waals surface area contributed by atoms with Crippen molar-refractivity contribution in [1.29, 1.82) is 0 Å². The minimum atomic E-state index is 0. The summed E-state index contributed by atoms with van der Waals surface area (Å²) < 4.78 is 0. The molecule has 0 aliphatic heterocycles. The van der Waals surface area contributed by atoms with Crippen molar-refractivity contribution in [2.45, 2.75) is 6.92 Å². The topological polar surface area (TPSA) is 42.8 Å². The molecule has 13 heavy (non-hydrogen) atoms. The fourth-order valence-electron chi connectivity index (χ4n) is 1.11. The van der Waals surface area contributed by atoms with Gasteiger partial charge in [-0.25, -0.2) is 4.98 Å². The molecular weight excluding hydrogens is 277 g/mol. The lowest BCUT2D eigenvalue weighted by molar-refractivity contribution is -0.374. The first-order chi connectivity index (χ1) is 5.86. The minimum absolute atomic E-state index is 0. The third kappa shape index (κ3) is 2.27. The van der Waals surface area contributed by atoms with E-state index in [1.807, 2.05) is 37.3 Å². The summed E-state index contributed by atoms with van der Waals surface area (Å²) in [5, 5.41) is 6.97. The van der Waals surface area contributed by atoms with Gasteiger partial charge in [-0.15, -0.1) is 5.10 Å². The molecule has 0 fully saturated rings. The van der Waals surface area contributed by atoms with Gasteiger partial charge in [0.05, 0.1) is 5.56 Å². The first-order valence-electron chi connectivity index (χ1n) is 3.86. The summed E-state index contributed by atoms with van der Waals surface area (Å²) in [5.41, 5.74) is 1.10. The fourth-order valence-corrected chi connectivity index (χ4v) is 1.11. The van der Waals surface area contributed by atoms with Crippen molar-refractivity contribution in [3.63, 3.8) is 0 Å². The van der Waals surface area contributed by atoms with E-state index in [4.69, 9.17) is 0 Å². The summed E-state index contributed by atoms with van der Waals surface area (Å²) in [6, 6.07) is 10.0. The van der Waals surface area contributed by atoms with Crippen LogP contribution in [-0.4, -0.2) is 10.2 Å². The zero-order chi connectivity index (χ0) is 8.39. The van der Waals surface area contributed by atoms with Crippen LogP contribution in [0, 0.1) is 6.92 Å². The highest BCUT2D eigenvalue weighted by Crippen LogP contribution is 2.09. The second-order valence-electron chi connectivity index (χ2n) is 2.69. The molecule has 3 nitrogen and oxygen atoms in total. The number of nitrogens with one attached hydrogen (secondary N) is 2. The SMILES string of the molecule is Cc1[nH]nc(-c2ccccc2)[nH+]1.[I-]. The Bertz CT molecular complexity index is 369. The molecule has 68 valence electrons. The molecule has 0 aliphatic carbocycles. The number of rotatable bonds is 1. The lowest BCUT2D eigenvalue weighted by atomic mass is 10.2. The molecule has 1 aromatic carbocycles. The summed E-state index contributed by atoms with van der Waals surface area (Å²) in [6.45, 7) is 1.94. The Hall–Kier alpha value is -0.910. The Morgan fingerprint density at radius 3 is 2.46 bits per heavy atom. The predicted octanol–water partition coefficient (Wildman–Crippen LogP) is -1.80. The van der Waals surface area contributed by atoms with E-state index in [0.29, 0.717) is 0 Å². The summed E-state index contributed by atoms with van der Waals surface area (Å²) in [4.78, 5) is 3.13. The highest BCUT2D eigenvalue weighted by Gasteiger charge is 2.07. The van der Waals surface area contributed by atoms with Crippen LogP contribution in [0.5, 0.6) is 0 Å². The molecule has 0 saturated carbocycles. The molecule has 0 unspecified atom stereocenters. The number of hydrogen-bond acceptors (Lipinski definition) is 1. The van der Waals surface area contributed by atoms with Gasteiger partial charge in [-0.05, 0) is 12.1 Å². The van der Waals surface area contributed by atoms with Crippen LogP contribution in [-0.2, 0) is 0 Å². The molecule has 2 N–H and O–H groups in total. The van der Waals surface area contributed by atoms with Crippen molar-refractivity contribution in [2.24, 2.45) is 0 Å². The molecule has 1 aromatic heterocycles. The monoisotopic (exact) mass is 287 g/mol. The number of aromatic nitrogens is 3. The van der Waals surface area contributed by atoms with Crippen molar-refractivity contribution in [2.75, 3.05) is 0 Å². The van der Waals surface area contributed by atoms with Gasteiger partial charge in [0.15, 0.2) is 0 Å². The fraction of sp³-hybridized carbons (Fsp3) is 0.111. The van der Waals surface area contributed by atoms with E-state index in [9.17, 15) is 0 Å². The number of nitrogens with zero attached hydrogens (tertiary/aromatic N) is 1. The van der Waals surface area contributed by atoms with E-state index >= 15 is 0 Å². The van der Waals surface area contributed by atoms with Crippen LogP contribution in [0.3, 0.4) is 0 Å². The van der Waals surface area contributed by atoms with Crippen molar-refractivity contribution in [3.05, 3.63) is 36.2 Å². The molecule has 4 heteroatoms. The van der Waals surface area contributed by atoms with Crippen molar-refractivity contribution in [3.8, 4) is 11.4 Å². The van der Waals surface area contributed by atoms with Gasteiger partial charge < -0.3 is 24.0 Å². The molecule has 2 aromatic rings. The standard InChI is InChI=1S/C9H9N3.HI/c1-7-10-9(12-11-7)8-5-3-2-4-6-8;/h2-6H,1H3,(H,10,11,12);1H. The quantitative estimate of drug-likeness (QED) is 0.618. The highest BCUT2D eigenvalue weighted by molar-refractivity contribution is 5.50. The molecule has 2 rings (SSSR count). The number of hydrogen-bond donors (Lipinski definition) is 1. The zero-order valence-corrected chi connectivity index (χ0v) is 9.37. The average molecular weight is 287 g/mol. The lowest BCUT2D eigenvalue weighted by Crippen LogP contribution is -3.00. The summed E-state index contributed by atoms with van der Waals surface area (Å²) >= 11 is 0. The van der Waals surface area contributed by atoms with Gasteiger partial charge >= 0.3 is 5.82 Å². The van der Waals surface area contributed by atoms with Crippen LogP contribution >= 0.6 is 0 Å². The van der Waals surface area contributed by atoms with E-state index in [-0.39, 0.29) is 24.0 Å². The van der Waals surface area contributed by atoms with Gasteiger partial charge in [-0.1, -0.05) is 18.2 Å². The molecular formula is C9H10IN3. The lowest BCUT2D eigenvalue weighted by Gasteiger charge is -1.86. The minimum Gasteiger partial charge on any atom is -1.00 e. The van der Waals surface area contributed by atoms with Crippen LogP contribution in [0.2, 0.25) is 0 Å². The van der Waals surface area contributed by atoms with Crippen LogP contribution in [0.25, 0.3) is 11.4 Å². The largest absolute Gasteiger partial charge is 1.00 e. The number of H-pyrrole nitrogens is 2. The van der Waals surface area contributed by atoms with Crippen molar-refractivity contribution in [1.82, 2.24) is 10.2 Å². The Morgan fingerprint density at radius 2 is 1.92 bits per heavy atom. The predicted molar refractivity (Wildman–Crippen MR) is 45.3 cm³/mol. The maximum atomic E-state index is 4.11. The van der Waals surface area contributed by atoms with Gasteiger partial charge in [-0.2, -0.15) is 0 Å². The van der Waals surface area contributed by atoms with E-state index in [0.717, 1.165) is 17.2 Å². The zero-order valence-electron chi connectivity index (χ0n) is 7.21. The molecule has 1 heterocycles. The number of aromatic amines is 2. The van der Waals surface area contributed by atoms with E-state index < -0.39 is 0 Å². The molecule has 0 amide bonds. The van der Waals surface area contributed by atoms with Gasteiger partial charge in [0.2, 0.25) is 5.82 Å². The molecule has 0 saturated heterocycles. The smallest absolute Gasteiger partial charge is 0.306 e. The molecule has 0 atom stereocenters. The first kappa shape index (κ1) is 10.2. The molecule has 0 bridgehead atoms. The second-order valence-corrected chi connectivity index (χ2v) is 2.69. The number of aryl methyl sites for hydroxylation is 1. The third-order valence-electron chi connectivity index (χ3n) is 1.69. The summed E-state index contributed by atoms with van der Waals surface area (Å²) in [7, 11) is 0. The molecule has 0 spiro atoms. The van der Waals surface area contributed by atoms with Crippen molar-refractivity contribution >= 4 is 0 Å². The first-order valence-corrected chi connectivity index (χ1v) is 3.86. The van der Waals surface area contributed by atoms with Crippen LogP contribution in [0.1, 0.15) is 5.82 Å². The summed E-state index contributed by atoms with van der Waals surface area (Å²) in [5.74, 6) is 1.85. The average Bonchev–Trinajstić information content (AvgIpc) is 2.54. The number of halogens is 1. The van der Waals surface area contributed by atoms with Crippen molar-refractivity contribution < 1.29 is 29.0 Å². The van der Waals surface area contributed by atoms with Gasteiger partial charge in [0.25, 0.3) is 0 Å². The summed E-state index contributed by atoms with van der Waals surface area (Å²) in [6.07, 6.45) is 0. The van der Waals surface area contributed by atoms with Gasteiger partial charge in [-0.3, -0.25) is 0 Å². The Kier molecular flexibility index (Phi) is 3.41. The molecule has 0 radical (unpaired) electrons. The van der Waals surface area contributed by atoms with E-state index in [2.05, 4.69) is 15.2 Å². The number of benzene rings is 1. The van der Waals surface area contributed by atoms with Crippen LogP contribution in [0.15, 0.2) is 30.3 Å². The molecule has 0 aliphatic rings. The van der Waals surface area contributed by atoms with E-state index in [1.54, 1.807) is 0 Å². The maximum Gasteiger partial charge on any atom is 0.306 e. The normalized spacial score (nSPS) is 9.31. The van der Waals surface area contributed by atoms with Gasteiger partial charge in [0.1, 0.15) is 0 Å². The Morgan fingerprint density at radius 1 is 1.23 bits per heavy atom. The van der Waals surface area contributed by atoms with Gasteiger partial charge in [0, 0.05) is 12.0 Å². The van der Waals surface area contributed by atoms with E-state index in [1.165, 1.54) is 0 Å². The highest BCUT2D eigenvalue weighted by atomic mass is 127. The Labute approximate surface area is 93.6 Å². The second kappa shape index (κ2) is 4.36.